The third-order valence-electron chi connectivity index (χ3n) is 1.06. The molecule has 0 heterocycles. The van der Waals surface area contributed by atoms with Gasteiger partial charge < -0.3 is 4.74 Å². The Kier molecular flexibility index (Phi) is 5.26. The average Bonchev–Trinajstić information content (AvgIpc) is 1.88. The maximum atomic E-state index is 5.39. The molecular weight excluding hydrogens is 172 g/mol. The van der Waals surface area contributed by atoms with Crippen LogP contribution < -0.4 is 4.74 Å². The van der Waals surface area contributed by atoms with E-state index in [9.17, 15) is 0 Å². The second kappa shape index (κ2) is 5.39. The summed E-state index contributed by atoms with van der Waals surface area (Å²) in [7, 11) is 0. The molecule has 0 saturated carbocycles. The summed E-state index contributed by atoms with van der Waals surface area (Å²) in [5.41, 5.74) is 0. The molecule has 1 aromatic carbocycles. The number of hydrogen-bond acceptors (Lipinski definition) is 1. The van der Waals surface area contributed by atoms with E-state index in [1.807, 2.05) is 38.1 Å². The van der Waals surface area contributed by atoms with E-state index in [1.165, 1.54) is 0 Å². The summed E-state index contributed by atoms with van der Waals surface area (Å²) in [6.07, 6.45) is 0.252. The zero-order valence-corrected chi connectivity index (χ0v) is 8.36. The maximum Gasteiger partial charge on any atom is 0.119 e. The Morgan fingerprint density at radius 2 is 1.82 bits per heavy atom. The van der Waals surface area contributed by atoms with E-state index in [2.05, 4.69) is 6.07 Å². The first kappa shape index (κ1) is 10.7. The van der Waals surface area contributed by atoms with Crippen molar-refractivity contribution in [3.8, 4) is 5.75 Å². The minimum atomic E-state index is 0. The molecule has 0 fully saturated rings. The van der Waals surface area contributed by atoms with Gasteiger partial charge in [0.05, 0.1) is 6.10 Å². The zero-order valence-electron chi connectivity index (χ0n) is 6.79. The first-order chi connectivity index (χ1) is 4.79. The van der Waals surface area contributed by atoms with Crippen molar-refractivity contribution in [1.82, 2.24) is 0 Å². The first-order valence-electron chi connectivity index (χ1n) is 3.42. The zero-order chi connectivity index (χ0) is 7.40. The fourth-order valence-electron chi connectivity index (χ4n) is 0.722. The van der Waals surface area contributed by atoms with Gasteiger partial charge in [-0.05, 0) is 32.0 Å². The molecule has 1 aromatic rings. The van der Waals surface area contributed by atoms with Crippen molar-refractivity contribution in [2.24, 2.45) is 0 Å². The van der Waals surface area contributed by atoms with Crippen LogP contribution in [0.2, 0.25) is 0 Å². The van der Waals surface area contributed by atoms with Crippen LogP contribution in [0.25, 0.3) is 0 Å². The predicted octanol–water partition coefficient (Wildman–Crippen LogP) is 2.27. The SMILES string of the molecule is CC(C)Oc1cc[c]cc1.[Ti]. The second-order valence-electron chi connectivity index (χ2n) is 2.40. The van der Waals surface area contributed by atoms with Crippen LogP contribution in [-0.2, 0) is 21.7 Å². The fourth-order valence-corrected chi connectivity index (χ4v) is 0.722. The van der Waals surface area contributed by atoms with Crippen LogP contribution in [0.3, 0.4) is 0 Å². The van der Waals surface area contributed by atoms with Gasteiger partial charge in [-0.25, -0.2) is 0 Å². The normalized spacial score (nSPS) is 9.00. The summed E-state index contributed by atoms with van der Waals surface area (Å²) in [6, 6.07) is 10.4. The first-order valence-corrected chi connectivity index (χ1v) is 3.42. The van der Waals surface area contributed by atoms with Crippen molar-refractivity contribution in [3.63, 3.8) is 0 Å². The summed E-state index contributed by atoms with van der Waals surface area (Å²) in [4.78, 5) is 0. The molecule has 2 heteroatoms. The van der Waals surface area contributed by atoms with Crippen LogP contribution in [0, 0.1) is 6.07 Å². The molecule has 1 rings (SSSR count). The van der Waals surface area contributed by atoms with Crippen molar-refractivity contribution in [2.75, 3.05) is 0 Å². The molecule has 11 heavy (non-hydrogen) atoms. The van der Waals surface area contributed by atoms with Gasteiger partial charge in [0.25, 0.3) is 0 Å². The minimum absolute atomic E-state index is 0. The number of rotatable bonds is 2. The molecular formula is C9H11OTi. The van der Waals surface area contributed by atoms with Crippen LogP contribution in [-0.4, -0.2) is 6.10 Å². The van der Waals surface area contributed by atoms with Gasteiger partial charge >= 0.3 is 0 Å². The van der Waals surface area contributed by atoms with E-state index < -0.39 is 0 Å². The Morgan fingerprint density at radius 1 is 1.27 bits per heavy atom. The van der Waals surface area contributed by atoms with E-state index in [1.54, 1.807) is 0 Å². The summed E-state index contributed by atoms with van der Waals surface area (Å²) in [6.45, 7) is 4.02. The van der Waals surface area contributed by atoms with E-state index in [0.29, 0.717) is 0 Å². The molecule has 0 aliphatic rings. The fraction of sp³-hybridized carbons (Fsp3) is 0.333. The molecule has 0 unspecified atom stereocenters. The molecule has 0 spiro atoms. The van der Waals surface area contributed by atoms with Gasteiger partial charge in [-0.2, -0.15) is 0 Å². The van der Waals surface area contributed by atoms with Gasteiger partial charge in [0.2, 0.25) is 0 Å². The molecule has 0 N–H and O–H groups in total. The van der Waals surface area contributed by atoms with Crippen LogP contribution in [0.1, 0.15) is 13.8 Å². The summed E-state index contributed by atoms with van der Waals surface area (Å²) < 4.78 is 5.39. The van der Waals surface area contributed by atoms with Crippen molar-refractivity contribution in [3.05, 3.63) is 30.3 Å². The van der Waals surface area contributed by atoms with Gasteiger partial charge in [-0.3, -0.25) is 0 Å². The molecule has 0 aromatic heterocycles. The van der Waals surface area contributed by atoms with Gasteiger partial charge in [0, 0.05) is 21.7 Å². The smallest absolute Gasteiger partial charge is 0.119 e. The number of hydrogen-bond donors (Lipinski definition) is 0. The minimum Gasteiger partial charge on any atom is -0.491 e. The van der Waals surface area contributed by atoms with Crippen LogP contribution in [0.5, 0.6) is 5.75 Å². The quantitative estimate of drug-likeness (QED) is 0.639. The average molecular weight is 183 g/mol. The molecule has 1 radical (unpaired) electrons. The topological polar surface area (TPSA) is 9.23 Å². The monoisotopic (exact) mass is 183 g/mol. The predicted molar refractivity (Wildman–Crippen MR) is 41.0 cm³/mol. The van der Waals surface area contributed by atoms with Crippen molar-refractivity contribution >= 4 is 0 Å². The van der Waals surface area contributed by atoms with Crippen LogP contribution >= 0.6 is 0 Å². The Morgan fingerprint density at radius 3 is 2.27 bits per heavy atom. The van der Waals surface area contributed by atoms with Gasteiger partial charge in [0.15, 0.2) is 0 Å². The third kappa shape index (κ3) is 4.23. The molecule has 0 amide bonds. The molecule has 57 valence electrons. The van der Waals surface area contributed by atoms with Gasteiger partial charge in [-0.1, -0.05) is 12.1 Å². The molecule has 0 saturated heterocycles. The van der Waals surface area contributed by atoms with Gasteiger partial charge in [-0.15, -0.1) is 0 Å². The van der Waals surface area contributed by atoms with Crippen LogP contribution in [0.4, 0.5) is 0 Å². The van der Waals surface area contributed by atoms with E-state index in [-0.39, 0.29) is 27.8 Å². The molecule has 1 nitrogen and oxygen atoms in total. The van der Waals surface area contributed by atoms with Crippen LogP contribution in [0.15, 0.2) is 24.3 Å². The number of benzene rings is 1. The standard InChI is InChI=1S/C9H11O.Ti/c1-8(2)10-9-6-4-3-5-7-9;/h4-8H,1-2H3;. The van der Waals surface area contributed by atoms with E-state index in [0.717, 1.165) is 5.75 Å². The molecule has 0 aliphatic carbocycles. The molecule has 0 aliphatic heterocycles. The largest absolute Gasteiger partial charge is 0.491 e. The van der Waals surface area contributed by atoms with Crippen molar-refractivity contribution in [2.45, 2.75) is 20.0 Å². The Balaban J connectivity index is 0.000001000. The third-order valence-corrected chi connectivity index (χ3v) is 1.06. The number of ether oxygens (including phenoxy) is 1. The van der Waals surface area contributed by atoms with Gasteiger partial charge in [0.1, 0.15) is 5.75 Å². The Labute approximate surface area is 82.6 Å². The van der Waals surface area contributed by atoms with E-state index in [4.69, 9.17) is 4.74 Å². The Bertz CT molecular complexity index is 184. The molecule has 0 bridgehead atoms. The van der Waals surface area contributed by atoms with Crippen molar-refractivity contribution in [1.29, 1.82) is 0 Å². The summed E-state index contributed by atoms with van der Waals surface area (Å²) in [5.74, 6) is 0.911. The Hall–Kier alpha value is -0.266. The second-order valence-corrected chi connectivity index (χ2v) is 2.40. The maximum absolute atomic E-state index is 5.39. The van der Waals surface area contributed by atoms with E-state index >= 15 is 0 Å². The molecule has 0 atom stereocenters. The van der Waals surface area contributed by atoms with Crippen molar-refractivity contribution < 1.29 is 26.5 Å². The summed E-state index contributed by atoms with van der Waals surface area (Å²) in [5, 5.41) is 0. The summed E-state index contributed by atoms with van der Waals surface area (Å²) >= 11 is 0.